The van der Waals surface area contributed by atoms with Gasteiger partial charge in [0.05, 0.1) is 17.9 Å². The van der Waals surface area contributed by atoms with E-state index in [1.54, 1.807) is 6.92 Å². The molecule has 0 spiro atoms. The minimum absolute atomic E-state index is 0.0544. The van der Waals surface area contributed by atoms with Gasteiger partial charge >= 0.3 is 0 Å². The average molecular weight is 223 g/mol. The molecule has 0 bridgehead atoms. The Morgan fingerprint density at radius 2 is 2.25 bits per heavy atom. The van der Waals surface area contributed by atoms with E-state index in [0.717, 1.165) is 18.5 Å². The molecule has 0 radical (unpaired) electrons. The molecule has 1 heterocycles. The van der Waals surface area contributed by atoms with Crippen molar-refractivity contribution >= 4 is 5.91 Å². The lowest BCUT2D eigenvalue weighted by Crippen LogP contribution is -2.32. The van der Waals surface area contributed by atoms with Crippen molar-refractivity contribution < 1.29 is 9.90 Å². The molecule has 5 nitrogen and oxygen atoms in total. The molecular weight excluding hydrogens is 206 g/mol. The lowest BCUT2D eigenvalue weighted by atomic mass is 10.1. The molecule has 1 amide bonds. The summed E-state index contributed by atoms with van der Waals surface area (Å²) in [6.45, 7) is 4.33. The van der Waals surface area contributed by atoms with E-state index in [1.807, 2.05) is 6.92 Å². The molecule has 88 valence electrons. The SMILES string of the molecule is Cc1n[nH]c(C)c1C(=O)NCC1(CO)CC1. The van der Waals surface area contributed by atoms with E-state index in [9.17, 15) is 4.79 Å². The molecule has 1 aliphatic rings. The van der Waals surface area contributed by atoms with Gasteiger partial charge in [0.1, 0.15) is 0 Å². The predicted molar refractivity (Wildman–Crippen MR) is 59.1 cm³/mol. The first-order valence-electron chi connectivity index (χ1n) is 5.49. The first kappa shape index (κ1) is 11.1. The zero-order chi connectivity index (χ0) is 11.8. The summed E-state index contributed by atoms with van der Waals surface area (Å²) >= 11 is 0. The Hall–Kier alpha value is -1.36. The number of rotatable bonds is 4. The zero-order valence-corrected chi connectivity index (χ0v) is 9.63. The van der Waals surface area contributed by atoms with Crippen LogP contribution in [0.2, 0.25) is 0 Å². The maximum Gasteiger partial charge on any atom is 0.255 e. The molecule has 1 saturated carbocycles. The number of amides is 1. The molecule has 1 aliphatic carbocycles. The Kier molecular flexibility index (Phi) is 2.71. The largest absolute Gasteiger partial charge is 0.396 e. The number of hydrogen-bond acceptors (Lipinski definition) is 3. The molecule has 1 fully saturated rings. The van der Waals surface area contributed by atoms with Crippen LogP contribution in [0.4, 0.5) is 0 Å². The molecule has 1 aromatic rings. The van der Waals surface area contributed by atoms with Crippen molar-refractivity contribution in [3.63, 3.8) is 0 Å². The predicted octanol–water partition coefficient (Wildman–Crippen LogP) is 0.529. The van der Waals surface area contributed by atoms with Gasteiger partial charge in [-0.15, -0.1) is 0 Å². The second-order valence-electron chi connectivity index (χ2n) is 4.65. The molecule has 0 saturated heterocycles. The van der Waals surface area contributed by atoms with Crippen LogP contribution in [0.5, 0.6) is 0 Å². The van der Waals surface area contributed by atoms with Crippen LogP contribution in [0.25, 0.3) is 0 Å². The number of carbonyl (C=O) groups excluding carboxylic acids is 1. The fourth-order valence-electron chi connectivity index (χ4n) is 1.81. The van der Waals surface area contributed by atoms with Gasteiger partial charge in [0.2, 0.25) is 0 Å². The quantitative estimate of drug-likeness (QED) is 0.696. The highest BCUT2D eigenvalue weighted by atomic mass is 16.3. The molecular formula is C11H17N3O2. The summed E-state index contributed by atoms with van der Waals surface area (Å²) in [4.78, 5) is 11.9. The topological polar surface area (TPSA) is 78.0 Å². The number of H-pyrrole nitrogens is 1. The van der Waals surface area contributed by atoms with E-state index >= 15 is 0 Å². The standard InChI is InChI=1S/C11H17N3O2/c1-7-9(8(2)14-13-7)10(16)12-5-11(6-15)3-4-11/h15H,3-6H2,1-2H3,(H,12,16)(H,13,14). The number of nitrogens with one attached hydrogen (secondary N) is 2. The highest BCUT2D eigenvalue weighted by molar-refractivity contribution is 5.96. The van der Waals surface area contributed by atoms with E-state index in [2.05, 4.69) is 15.5 Å². The van der Waals surface area contributed by atoms with Crippen LogP contribution in [0.3, 0.4) is 0 Å². The van der Waals surface area contributed by atoms with Crippen molar-refractivity contribution in [2.45, 2.75) is 26.7 Å². The summed E-state index contributed by atoms with van der Waals surface area (Å²) < 4.78 is 0. The summed E-state index contributed by atoms with van der Waals surface area (Å²) in [5, 5.41) is 18.8. The third-order valence-corrected chi connectivity index (χ3v) is 3.27. The van der Waals surface area contributed by atoms with Crippen LogP contribution in [0, 0.1) is 19.3 Å². The second kappa shape index (κ2) is 3.90. The van der Waals surface area contributed by atoms with Gasteiger partial charge in [-0.3, -0.25) is 9.89 Å². The highest BCUT2D eigenvalue weighted by Crippen LogP contribution is 2.44. The normalized spacial score (nSPS) is 17.2. The number of aryl methyl sites for hydroxylation is 2. The third-order valence-electron chi connectivity index (χ3n) is 3.27. The fraction of sp³-hybridized carbons (Fsp3) is 0.636. The van der Waals surface area contributed by atoms with Gasteiger partial charge in [0.15, 0.2) is 0 Å². The van der Waals surface area contributed by atoms with Crippen LogP contribution in [0.15, 0.2) is 0 Å². The summed E-state index contributed by atoms with van der Waals surface area (Å²) in [7, 11) is 0. The summed E-state index contributed by atoms with van der Waals surface area (Å²) in [5.74, 6) is -0.108. The number of aromatic nitrogens is 2. The Morgan fingerprint density at radius 1 is 1.56 bits per heavy atom. The summed E-state index contributed by atoms with van der Waals surface area (Å²) in [6, 6.07) is 0. The maximum absolute atomic E-state index is 11.9. The van der Waals surface area contributed by atoms with Crippen molar-refractivity contribution in [2.24, 2.45) is 5.41 Å². The number of hydrogen-bond donors (Lipinski definition) is 3. The summed E-state index contributed by atoms with van der Waals surface area (Å²) in [6.07, 6.45) is 1.99. The summed E-state index contributed by atoms with van der Waals surface area (Å²) in [5.41, 5.74) is 2.06. The molecule has 1 aromatic heterocycles. The Balaban J connectivity index is 1.98. The van der Waals surface area contributed by atoms with Crippen LogP contribution in [-0.4, -0.2) is 34.4 Å². The van der Waals surface area contributed by atoms with Crippen LogP contribution in [0.1, 0.15) is 34.6 Å². The van der Waals surface area contributed by atoms with Gasteiger partial charge in [-0.1, -0.05) is 0 Å². The van der Waals surface area contributed by atoms with E-state index in [4.69, 9.17) is 5.11 Å². The zero-order valence-electron chi connectivity index (χ0n) is 9.63. The molecule has 16 heavy (non-hydrogen) atoms. The van der Waals surface area contributed by atoms with Gasteiger partial charge in [-0.05, 0) is 26.7 Å². The number of carbonyl (C=O) groups is 1. The van der Waals surface area contributed by atoms with Gasteiger partial charge < -0.3 is 10.4 Å². The van der Waals surface area contributed by atoms with Crippen molar-refractivity contribution in [1.82, 2.24) is 15.5 Å². The van der Waals surface area contributed by atoms with Crippen molar-refractivity contribution in [3.8, 4) is 0 Å². The lowest BCUT2D eigenvalue weighted by molar-refractivity contribution is 0.0934. The molecule has 2 rings (SSSR count). The molecule has 3 N–H and O–H groups in total. The van der Waals surface area contributed by atoms with Crippen LogP contribution < -0.4 is 5.32 Å². The van der Waals surface area contributed by atoms with Gasteiger partial charge in [0.25, 0.3) is 5.91 Å². The highest BCUT2D eigenvalue weighted by Gasteiger charge is 2.42. The first-order chi connectivity index (χ1) is 7.58. The molecule has 0 unspecified atom stereocenters. The number of aliphatic hydroxyl groups excluding tert-OH is 1. The molecule has 0 aliphatic heterocycles. The number of aromatic amines is 1. The van der Waals surface area contributed by atoms with E-state index < -0.39 is 0 Å². The van der Waals surface area contributed by atoms with E-state index in [1.165, 1.54) is 0 Å². The number of aliphatic hydroxyl groups is 1. The molecule has 5 heteroatoms. The van der Waals surface area contributed by atoms with Gasteiger partial charge in [0, 0.05) is 17.7 Å². The Morgan fingerprint density at radius 3 is 2.69 bits per heavy atom. The van der Waals surface area contributed by atoms with Gasteiger partial charge in [-0.25, -0.2) is 0 Å². The smallest absolute Gasteiger partial charge is 0.255 e. The Bertz CT molecular complexity index is 388. The minimum Gasteiger partial charge on any atom is -0.396 e. The van der Waals surface area contributed by atoms with Crippen LogP contribution in [-0.2, 0) is 0 Å². The van der Waals surface area contributed by atoms with Crippen molar-refractivity contribution in [3.05, 3.63) is 17.0 Å². The average Bonchev–Trinajstić information content (AvgIpc) is 2.97. The molecule has 0 atom stereocenters. The second-order valence-corrected chi connectivity index (χ2v) is 4.65. The van der Waals surface area contributed by atoms with E-state index in [0.29, 0.717) is 17.8 Å². The minimum atomic E-state index is -0.108. The lowest BCUT2D eigenvalue weighted by Gasteiger charge is -2.12. The fourth-order valence-corrected chi connectivity index (χ4v) is 1.81. The van der Waals surface area contributed by atoms with Crippen LogP contribution >= 0.6 is 0 Å². The van der Waals surface area contributed by atoms with Gasteiger partial charge in [-0.2, -0.15) is 5.10 Å². The maximum atomic E-state index is 11.9. The number of nitrogens with zero attached hydrogens (tertiary/aromatic N) is 1. The third kappa shape index (κ3) is 1.95. The van der Waals surface area contributed by atoms with Crippen molar-refractivity contribution in [1.29, 1.82) is 0 Å². The van der Waals surface area contributed by atoms with E-state index in [-0.39, 0.29) is 17.9 Å². The monoisotopic (exact) mass is 223 g/mol. The Labute approximate surface area is 94.2 Å². The first-order valence-corrected chi connectivity index (χ1v) is 5.49. The molecule has 0 aromatic carbocycles. The van der Waals surface area contributed by atoms with Crippen molar-refractivity contribution in [2.75, 3.05) is 13.2 Å².